The molecule has 0 spiro atoms. The van der Waals surface area contributed by atoms with E-state index in [1.54, 1.807) is 0 Å². The minimum Gasteiger partial charge on any atom is -0.317 e. The van der Waals surface area contributed by atoms with Crippen molar-refractivity contribution in [3.05, 3.63) is 11.6 Å². The Bertz CT molecular complexity index is 712. The van der Waals surface area contributed by atoms with E-state index in [1.807, 2.05) is 5.57 Å². The zero-order valence-electron chi connectivity index (χ0n) is 22.1. The molecule has 1 saturated heterocycles. The molecule has 0 aromatic carbocycles. The Labute approximate surface area is 199 Å². The number of hydrogen-bond donors (Lipinski definition) is 2. The minimum absolute atomic E-state index is 0.555. The molecule has 2 heteroatoms. The van der Waals surface area contributed by atoms with Gasteiger partial charge in [0.2, 0.25) is 0 Å². The van der Waals surface area contributed by atoms with Crippen LogP contribution in [0.3, 0.4) is 0 Å². The molecule has 0 radical (unpaired) electrons. The van der Waals surface area contributed by atoms with Gasteiger partial charge >= 0.3 is 0 Å². The molecule has 5 aliphatic rings. The quantitative estimate of drug-likeness (QED) is 0.459. The largest absolute Gasteiger partial charge is 0.317 e. The maximum Gasteiger partial charge on any atom is 0.0101 e. The minimum atomic E-state index is 0.555. The molecular weight excluding hydrogens is 388 g/mol. The fourth-order valence-electron chi connectivity index (χ4n) is 10.2. The first-order valence-corrected chi connectivity index (χ1v) is 14.4. The number of nitrogens with one attached hydrogen (secondary N) is 2. The van der Waals surface area contributed by atoms with Gasteiger partial charge in [0, 0.05) is 12.1 Å². The fraction of sp³-hybridized carbons (Fsp3) is 0.933. The zero-order valence-corrected chi connectivity index (χ0v) is 22.1. The van der Waals surface area contributed by atoms with Gasteiger partial charge < -0.3 is 10.6 Å². The molecule has 3 saturated carbocycles. The number of allylic oxidation sites excluding steroid dienone is 2. The van der Waals surface area contributed by atoms with Crippen molar-refractivity contribution in [1.82, 2.24) is 10.6 Å². The summed E-state index contributed by atoms with van der Waals surface area (Å²) in [5.74, 6) is 6.17. The molecule has 0 aromatic heterocycles. The molecule has 182 valence electrons. The highest BCUT2D eigenvalue weighted by atomic mass is 15.0. The van der Waals surface area contributed by atoms with Gasteiger partial charge in [0.15, 0.2) is 0 Å². The third kappa shape index (κ3) is 3.65. The Morgan fingerprint density at radius 2 is 1.75 bits per heavy atom. The lowest BCUT2D eigenvalue weighted by Gasteiger charge is -2.58. The van der Waals surface area contributed by atoms with Gasteiger partial charge in [-0.2, -0.15) is 0 Å². The molecule has 2 nitrogen and oxygen atoms in total. The number of rotatable bonds is 5. The first-order chi connectivity index (χ1) is 15.3. The SMILES string of the molecule is CNC1CCC2(C)C(CC=C3C2CCC2(C)C3CCC2C(C)CC2NCCC2C(C)C)C1. The summed E-state index contributed by atoms with van der Waals surface area (Å²) in [6, 6.07) is 1.52. The van der Waals surface area contributed by atoms with E-state index in [2.05, 4.69) is 58.4 Å². The van der Waals surface area contributed by atoms with E-state index in [1.165, 1.54) is 70.8 Å². The highest BCUT2D eigenvalue weighted by molar-refractivity contribution is 5.28. The van der Waals surface area contributed by atoms with E-state index in [4.69, 9.17) is 0 Å². The van der Waals surface area contributed by atoms with Gasteiger partial charge in [0.05, 0.1) is 0 Å². The van der Waals surface area contributed by atoms with Crippen LogP contribution < -0.4 is 10.6 Å². The van der Waals surface area contributed by atoms with Crippen LogP contribution >= 0.6 is 0 Å². The van der Waals surface area contributed by atoms with Crippen LogP contribution in [0, 0.1) is 52.3 Å². The van der Waals surface area contributed by atoms with Gasteiger partial charge in [-0.15, -0.1) is 0 Å². The van der Waals surface area contributed by atoms with E-state index in [0.29, 0.717) is 10.8 Å². The average molecular weight is 441 g/mol. The second-order valence-electron chi connectivity index (χ2n) is 13.7. The van der Waals surface area contributed by atoms with Gasteiger partial charge in [-0.05, 0) is 130 Å². The van der Waals surface area contributed by atoms with Crippen LogP contribution in [-0.4, -0.2) is 25.7 Å². The van der Waals surface area contributed by atoms with Gasteiger partial charge in [0.25, 0.3) is 0 Å². The van der Waals surface area contributed by atoms with Gasteiger partial charge in [-0.1, -0.05) is 46.3 Å². The van der Waals surface area contributed by atoms with Gasteiger partial charge in [-0.3, -0.25) is 0 Å². The monoisotopic (exact) mass is 440 g/mol. The predicted octanol–water partition coefficient (Wildman–Crippen LogP) is 6.81. The van der Waals surface area contributed by atoms with Crippen molar-refractivity contribution in [2.45, 2.75) is 111 Å². The van der Waals surface area contributed by atoms with Crippen molar-refractivity contribution in [1.29, 1.82) is 0 Å². The zero-order chi connectivity index (χ0) is 22.7. The van der Waals surface area contributed by atoms with Crippen LogP contribution in [-0.2, 0) is 0 Å². The van der Waals surface area contributed by atoms with E-state index in [0.717, 1.165) is 53.5 Å². The van der Waals surface area contributed by atoms with E-state index in [-0.39, 0.29) is 0 Å². The second kappa shape index (κ2) is 8.71. The number of fused-ring (bicyclic) bond motifs is 5. The Morgan fingerprint density at radius 3 is 2.50 bits per heavy atom. The highest BCUT2D eigenvalue weighted by Gasteiger charge is 2.58. The van der Waals surface area contributed by atoms with Gasteiger partial charge in [0.1, 0.15) is 0 Å². The lowest BCUT2D eigenvalue weighted by Crippen LogP contribution is -2.51. The Balaban J connectivity index is 1.32. The lowest BCUT2D eigenvalue weighted by molar-refractivity contribution is -0.0151. The van der Waals surface area contributed by atoms with Crippen molar-refractivity contribution in [2.24, 2.45) is 52.3 Å². The Kier molecular flexibility index (Phi) is 6.37. The third-order valence-electron chi connectivity index (χ3n) is 12.1. The molecule has 1 heterocycles. The molecule has 10 unspecified atom stereocenters. The summed E-state index contributed by atoms with van der Waals surface area (Å²) < 4.78 is 0. The van der Waals surface area contributed by atoms with Crippen molar-refractivity contribution in [2.75, 3.05) is 13.6 Å². The summed E-state index contributed by atoms with van der Waals surface area (Å²) in [6.07, 6.45) is 17.1. The third-order valence-corrected chi connectivity index (χ3v) is 12.1. The van der Waals surface area contributed by atoms with Crippen LogP contribution in [0.5, 0.6) is 0 Å². The first kappa shape index (κ1) is 23.4. The van der Waals surface area contributed by atoms with E-state index >= 15 is 0 Å². The van der Waals surface area contributed by atoms with Crippen LogP contribution in [0.2, 0.25) is 0 Å². The highest BCUT2D eigenvalue weighted by Crippen LogP contribution is 2.67. The van der Waals surface area contributed by atoms with E-state index in [9.17, 15) is 0 Å². The topological polar surface area (TPSA) is 24.1 Å². The van der Waals surface area contributed by atoms with Crippen molar-refractivity contribution >= 4 is 0 Å². The van der Waals surface area contributed by atoms with Crippen molar-refractivity contribution in [3.63, 3.8) is 0 Å². The maximum atomic E-state index is 3.90. The molecule has 5 rings (SSSR count). The van der Waals surface area contributed by atoms with Crippen molar-refractivity contribution < 1.29 is 0 Å². The standard InChI is InChI=1S/C30H52N2/c1-19(2)23-13-16-32-28(23)17-20(3)25-9-10-26-24-8-7-21-18-22(31-6)11-14-29(21,4)27(24)12-15-30(25,26)5/h8,19-23,25-28,31-32H,7,9-18H2,1-6H3. The molecule has 32 heavy (non-hydrogen) atoms. The summed E-state index contributed by atoms with van der Waals surface area (Å²) in [7, 11) is 2.17. The summed E-state index contributed by atoms with van der Waals surface area (Å²) in [5.41, 5.74) is 3.06. The fourth-order valence-corrected chi connectivity index (χ4v) is 10.2. The molecule has 0 amide bonds. The van der Waals surface area contributed by atoms with Crippen LogP contribution in [0.1, 0.15) is 98.8 Å². The smallest absolute Gasteiger partial charge is 0.0101 e. The predicted molar refractivity (Wildman–Crippen MR) is 137 cm³/mol. The summed E-state index contributed by atoms with van der Waals surface area (Å²) in [5, 5.41) is 7.50. The summed E-state index contributed by atoms with van der Waals surface area (Å²) >= 11 is 0. The van der Waals surface area contributed by atoms with Gasteiger partial charge in [-0.25, -0.2) is 0 Å². The molecule has 0 bridgehead atoms. The van der Waals surface area contributed by atoms with Crippen molar-refractivity contribution in [3.8, 4) is 0 Å². The first-order valence-electron chi connectivity index (χ1n) is 14.4. The second-order valence-corrected chi connectivity index (χ2v) is 13.7. The molecule has 0 aromatic rings. The lowest BCUT2D eigenvalue weighted by atomic mass is 9.47. The van der Waals surface area contributed by atoms with E-state index < -0.39 is 0 Å². The molecular formula is C30H52N2. The molecule has 10 atom stereocenters. The number of hydrogen-bond acceptors (Lipinski definition) is 2. The van der Waals surface area contributed by atoms with Crippen LogP contribution in [0.4, 0.5) is 0 Å². The Hall–Kier alpha value is -0.340. The average Bonchev–Trinajstić information content (AvgIpc) is 3.37. The Morgan fingerprint density at radius 1 is 1.00 bits per heavy atom. The molecule has 4 fully saturated rings. The van der Waals surface area contributed by atoms with Crippen LogP contribution in [0.15, 0.2) is 11.6 Å². The molecule has 4 aliphatic carbocycles. The molecule has 2 N–H and O–H groups in total. The summed E-state index contributed by atoms with van der Waals surface area (Å²) in [6.45, 7) is 14.2. The summed E-state index contributed by atoms with van der Waals surface area (Å²) in [4.78, 5) is 0. The van der Waals surface area contributed by atoms with Crippen LogP contribution in [0.25, 0.3) is 0 Å². The maximum absolute atomic E-state index is 3.90. The molecule has 1 aliphatic heterocycles. The normalized spacial score (nSPS) is 49.3.